The molecule has 0 bridgehead atoms. The minimum absolute atomic E-state index is 0.0122. The van der Waals surface area contributed by atoms with Crippen molar-refractivity contribution in [1.29, 1.82) is 0 Å². The first-order chi connectivity index (χ1) is 14.4. The lowest BCUT2D eigenvalue weighted by molar-refractivity contribution is 0.0936. The van der Waals surface area contributed by atoms with Gasteiger partial charge in [0.05, 0.1) is 0 Å². The van der Waals surface area contributed by atoms with Crippen molar-refractivity contribution in [2.45, 2.75) is 33.2 Å². The lowest BCUT2D eigenvalue weighted by Crippen LogP contribution is -2.36. The second-order valence-electron chi connectivity index (χ2n) is 7.25. The summed E-state index contributed by atoms with van der Waals surface area (Å²) >= 11 is 0. The van der Waals surface area contributed by atoms with E-state index in [-0.39, 0.29) is 23.4 Å². The summed E-state index contributed by atoms with van der Waals surface area (Å²) in [4.78, 5) is 37.6. The van der Waals surface area contributed by atoms with Gasteiger partial charge in [-0.25, -0.2) is 0 Å². The summed E-state index contributed by atoms with van der Waals surface area (Å²) in [6, 6.07) is 17.4. The Hall–Kier alpha value is -3.67. The number of carbonyl (C=O) groups excluding carboxylic acids is 2. The lowest BCUT2D eigenvalue weighted by atomic mass is 10.1. The zero-order valence-electron chi connectivity index (χ0n) is 17.3. The number of aryl methyl sites for hydroxylation is 1. The number of hydrogen-bond acceptors (Lipinski definition) is 3. The molecule has 0 radical (unpaired) electrons. The molecule has 0 spiro atoms. The van der Waals surface area contributed by atoms with Gasteiger partial charge < -0.3 is 10.6 Å². The summed E-state index contributed by atoms with van der Waals surface area (Å²) in [7, 11) is 0. The Labute approximate surface area is 175 Å². The van der Waals surface area contributed by atoms with Gasteiger partial charge in [-0.2, -0.15) is 0 Å². The zero-order chi connectivity index (χ0) is 21.7. The van der Waals surface area contributed by atoms with Crippen LogP contribution in [0.25, 0.3) is 5.69 Å². The summed E-state index contributed by atoms with van der Waals surface area (Å²) in [5, 5.41) is 5.66. The van der Waals surface area contributed by atoms with E-state index in [0.29, 0.717) is 16.9 Å². The van der Waals surface area contributed by atoms with Crippen LogP contribution in [-0.4, -0.2) is 22.4 Å². The predicted molar refractivity (Wildman–Crippen MR) is 118 cm³/mol. The second kappa shape index (κ2) is 9.22. The number of carbonyl (C=O) groups is 2. The van der Waals surface area contributed by atoms with Crippen molar-refractivity contribution in [2.75, 3.05) is 5.32 Å². The van der Waals surface area contributed by atoms with Gasteiger partial charge in [-0.05, 0) is 68.8 Å². The van der Waals surface area contributed by atoms with Gasteiger partial charge in [0.2, 0.25) is 0 Å². The molecule has 0 aliphatic rings. The van der Waals surface area contributed by atoms with Gasteiger partial charge in [0.15, 0.2) is 0 Å². The molecule has 0 aliphatic heterocycles. The SMILES string of the molecule is CC[C@H](C)NC(=O)c1cccn(-c2ccc(NC(=O)c3cccc(C)c3)cc2)c1=O. The topological polar surface area (TPSA) is 80.2 Å². The fraction of sp³-hybridized carbons (Fsp3) is 0.208. The number of benzene rings is 2. The van der Waals surface area contributed by atoms with Gasteiger partial charge >= 0.3 is 0 Å². The third kappa shape index (κ3) is 4.84. The van der Waals surface area contributed by atoms with Crippen molar-refractivity contribution in [3.63, 3.8) is 0 Å². The fourth-order valence-corrected chi connectivity index (χ4v) is 2.97. The van der Waals surface area contributed by atoms with E-state index in [1.54, 1.807) is 42.6 Å². The first-order valence-electron chi connectivity index (χ1n) is 9.90. The quantitative estimate of drug-likeness (QED) is 0.654. The Balaban J connectivity index is 1.79. The van der Waals surface area contributed by atoms with E-state index < -0.39 is 5.56 Å². The Morgan fingerprint density at radius 1 is 1.00 bits per heavy atom. The Morgan fingerprint density at radius 3 is 2.40 bits per heavy atom. The molecular weight excluding hydrogens is 378 g/mol. The monoisotopic (exact) mass is 403 g/mol. The third-order valence-corrected chi connectivity index (χ3v) is 4.87. The number of rotatable bonds is 6. The van der Waals surface area contributed by atoms with Gasteiger partial charge in [-0.15, -0.1) is 0 Å². The van der Waals surface area contributed by atoms with Crippen molar-refractivity contribution in [1.82, 2.24) is 9.88 Å². The van der Waals surface area contributed by atoms with E-state index in [9.17, 15) is 14.4 Å². The lowest BCUT2D eigenvalue weighted by Gasteiger charge is -2.13. The summed E-state index contributed by atoms with van der Waals surface area (Å²) in [6.07, 6.45) is 2.39. The number of amides is 2. The van der Waals surface area contributed by atoms with Crippen molar-refractivity contribution in [2.24, 2.45) is 0 Å². The van der Waals surface area contributed by atoms with E-state index in [0.717, 1.165) is 12.0 Å². The minimum Gasteiger partial charge on any atom is -0.349 e. The molecule has 154 valence electrons. The van der Waals surface area contributed by atoms with Crippen LogP contribution in [0.2, 0.25) is 0 Å². The molecule has 2 aromatic carbocycles. The van der Waals surface area contributed by atoms with Crippen LogP contribution in [0, 0.1) is 6.92 Å². The van der Waals surface area contributed by atoms with E-state index in [1.165, 1.54) is 10.6 Å². The summed E-state index contributed by atoms with van der Waals surface area (Å²) in [5.74, 6) is -0.585. The highest BCUT2D eigenvalue weighted by molar-refractivity contribution is 6.04. The van der Waals surface area contributed by atoms with E-state index >= 15 is 0 Å². The van der Waals surface area contributed by atoms with Gasteiger partial charge in [0, 0.05) is 29.2 Å². The second-order valence-corrected chi connectivity index (χ2v) is 7.25. The van der Waals surface area contributed by atoms with Crippen molar-refractivity contribution >= 4 is 17.5 Å². The van der Waals surface area contributed by atoms with Gasteiger partial charge in [0.1, 0.15) is 5.56 Å². The molecule has 0 aliphatic carbocycles. The molecule has 6 heteroatoms. The predicted octanol–water partition coefficient (Wildman–Crippen LogP) is 3.93. The molecule has 0 saturated carbocycles. The Kier molecular flexibility index (Phi) is 6.47. The van der Waals surface area contributed by atoms with Crippen LogP contribution in [0.5, 0.6) is 0 Å². The molecule has 0 fully saturated rings. The van der Waals surface area contributed by atoms with Gasteiger partial charge in [-0.3, -0.25) is 19.0 Å². The molecule has 0 unspecified atom stereocenters. The maximum atomic E-state index is 12.8. The Morgan fingerprint density at radius 2 is 1.73 bits per heavy atom. The first kappa shape index (κ1) is 21.0. The molecule has 1 heterocycles. The van der Waals surface area contributed by atoms with Crippen molar-refractivity contribution in [3.05, 3.63) is 93.9 Å². The fourth-order valence-electron chi connectivity index (χ4n) is 2.97. The molecule has 3 rings (SSSR count). The molecule has 30 heavy (non-hydrogen) atoms. The molecule has 6 nitrogen and oxygen atoms in total. The van der Waals surface area contributed by atoms with Crippen molar-refractivity contribution < 1.29 is 9.59 Å². The largest absolute Gasteiger partial charge is 0.349 e. The molecule has 2 N–H and O–H groups in total. The maximum Gasteiger partial charge on any atom is 0.267 e. The van der Waals surface area contributed by atoms with Crippen LogP contribution >= 0.6 is 0 Å². The molecule has 2 amide bonds. The van der Waals surface area contributed by atoms with Gasteiger partial charge in [0.25, 0.3) is 17.4 Å². The van der Waals surface area contributed by atoms with E-state index in [1.807, 2.05) is 39.0 Å². The smallest absolute Gasteiger partial charge is 0.267 e. The number of nitrogens with zero attached hydrogens (tertiary/aromatic N) is 1. The van der Waals surface area contributed by atoms with Crippen LogP contribution < -0.4 is 16.2 Å². The van der Waals surface area contributed by atoms with Crippen LogP contribution in [-0.2, 0) is 0 Å². The standard InChI is InChI=1S/C24H25N3O3/c1-4-17(3)25-23(29)21-9-6-14-27(24(21)30)20-12-10-19(11-13-20)26-22(28)18-8-5-7-16(2)15-18/h5-15,17H,4H2,1-3H3,(H,25,29)(H,26,28)/t17-/m0/s1. The highest BCUT2D eigenvalue weighted by Crippen LogP contribution is 2.14. The normalized spacial score (nSPS) is 11.6. The van der Waals surface area contributed by atoms with E-state index in [4.69, 9.17) is 0 Å². The summed E-state index contributed by atoms with van der Waals surface area (Å²) in [5.41, 5.74) is 2.50. The van der Waals surface area contributed by atoms with Gasteiger partial charge in [-0.1, -0.05) is 24.6 Å². The average Bonchev–Trinajstić information content (AvgIpc) is 2.74. The molecule has 1 aromatic heterocycles. The zero-order valence-corrected chi connectivity index (χ0v) is 17.3. The van der Waals surface area contributed by atoms with Crippen LogP contribution in [0.3, 0.4) is 0 Å². The summed E-state index contributed by atoms with van der Waals surface area (Å²) in [6.45, 7) is 5.79. The minimum atomic E-state index is -0.394. The highest BCUT2D eigenvalue weighted by Gasteiger charge is 2.14. The van der Waals surface area contributed by atoms with E-state index in [2.05, 4.69) is 10.6 Å². The van der Waals surface area contributed by atoms with Crippen molar-refractivity contribution in [3.8, 4) is 5.69 Å². The number of pyridine rings is 1. The third-order valence-electron chi connectivity index (χ3n) is 4.87. The summed E-state index contributed by atoms with van der Waals surface area (Å²) < 4.78 is 1.41. The number of anilines is 1. The van der Waals surface area contributed by atoms with Crippen LogP contribution in [0.1, 0.15) is 46.5 Å². The number of nitrogens with one attached hydrogen (secondary N) is 2. The van der Waals surface area contributed by atoms with Crippen LogP contribution in [0.4, 0.5) is 5.69 Å². The molecule has 1 atom stereocenters. The molecule has 0 saturated heterocycles. The maximum absolute atomic E-state index is 12.8. The number of aromatic nitrogens is 1. The molecule has 3 aromatic rings. The molecular formula is C24H25N3O3. The number of hydrogen-bond donors (Lipinski definition) is 2. The van der Waals surface area contributed by atoms with Crippen LogP contribution in [0.15, 0.2) is 71.7 Å². The average molecular weight is 403 g/mol. The highest BCUT2D eigenvalue weighted by atomic mass is 16.2. The first-order valence-corrected chi connectivity index (χ1v) is 9.90. The Bertz CT molecular complexity index is 1120.